The van der Waals surface area contributed by atoms with Crippen LogP contribution in [0.4, 0.5) is 0 Å². The third-order valence-corrected chi connectivity index (χ3v) is 3.67. The van der Waals surface area contributed by atoms with Gasteiger partial charge < -0.3 is 25.0 Å². The molecule has 0 radical (unpaired) electrons. The van der Waals surface area contributed by atoms with Crippen LogP contribution >= 0.6 is 11.8 Å². The minimum absolute atomic E-state index is 0.0754. The summed E-state index contributed by atoms with van der Waals surface area (Å²) in [5.41, 5.74) is 0. The maximum absolute atomic E-state index is 11.5. The molecule has 0 aliphatic rings. The molecule has 3 N–H and O–H groups in total. The van der Waals surface area contributed by atoms with Crippen molar-refractivity contribution in [2.24, 2.45) is 0 Å². The fourth-order valence-electron chi connectivity index (χ4n) is 1.43. The summed E-state index contributed by atoms with van der Waals surface area (Å²) in [7, 11) is 0. The molecule has 0 aromatic heterocycles. The summed E-state index contributed by atoms with van der Waals surface area (Å²) < 4.78 is 10.6. The minimum Gasteiger partial charge on any atom is -0.394 e. The maximum Gasteiger partial charge on any atom is 0.216 e. The van der Waals surface area contributed by atoms with Crippen LogP contribution in [0.25, 0.3) is 0 Å². The van der Waals surface area contributed by atoms with Crippen molar-refractivity contribution in [1.29, 1.82) is 0 Å². The number of rotatable bonds is 15. The molecule has 130 valence electrons. The van der Waals surface area contributed by atoms with Crippen LogP contribution in [0, 0.1) is 0 Å². The number of nitrogens with one attached hydrogen (secondary N) is 1. The number of amides is 1. The van der Waals surface area contributed by atoms with E-state index < -0.39 is 6.10 Å². The smallest absolute Gasteiger partial charge is 0.216 e. The molecule has 0 bridgehead atoms. The summed E-state index contributed by atoms with van der Waals surface area (Å²) in [5, 5.41) is 20.4. The largest absolute Gasteiger partial charge is 0.394 e. The summed E-state index contributed by atoms with van der Waals surface area (Å²) in [4.78, 5) is 22.1. The number of hydrogen-bond acceptors (Lipinski definition) is 7. The predicted molar refractivity (Wildman–Crippen MR) is 85.0 cm³/mol. The maximum atomic E-state index is 11.5. The number of hydrogen-bond donors (Lipinski definition) is 3. The van der Waals surface area contributed by atoms with Gasteiger partial charge in [-0.3, -0.25) is 9.59 Å². The Morgan fingerprint density at radius 3 is 2.50 bits per heavy atom. The van der Waals surface area contributed by atoms with Crippen LogP contribution in [-0.4, -0.2) is 79.1 Å². The van der Waals surface area contributed by atoms with Crippen LogP contribution in [0.3, 0.4) is 0 Å². The van der Waals surface area contributed by atoms with E-state index in [2.05, 4.69) is 5.32 Å². The number of aliphatic hydroxyl groups is 2. The number of carbonyl (C=O) groups is 2. The standard InChI is InChI=1S/C14H27NO6S/c1-12(17)15-4-6-21-8-7-20-5-2-3-13(18)10-22-11-14(19)9-16/h14,16,19H,2-11H2,1H3,(H,15,17). The summed E-state index contributed by atoms with van der Waals surface area (Å²) >= 11 is 1.33. The predicted octanol–water partition coefficient (Wildman–Crippen LogP) is -0.409. The second-order valence-corrected chi connectivity index (χ2v) is 5.73. The van der Waals surface area contributed by atoms with Gasteiger partial charge in [-0.2, -0.15) is 11.8 Å². The summed E-state index contributed by atoms with van der Waals surface area (Å²) in [6.07, 6.45) is 0.353. The Kier molecular flexibility index (Phi) is 14.8. The first-order chi connectivity index (χ1) is 10.6. The van der Waals surface area contributed by atoms with Crippen LogP contribution < -0.4 is 5.32 Å². The molecule has 0 saturated heterocycles. The highest BCUT2D eigenvalue weighted by Crippen LogP contribution is 2.05. The van der Waals surface area contributed by atoms with E-state index in [9.17, 15) is 9.59 Å². The van der Waals surface area contributed by atoms with Gasteiger partial charge in [-0.05, 0) is 6.42 Å². The SMILES string of the molecule is CC(=O)NCCOCCOCCCC(=O)CSCC(O)CO. The van der Waals surface area contributed by atoms with Crippen molar-refractivity contribution in [3.05, 3.63) is 0 Å². The van der Waals surface area contributed by atoms with Gasteiger partial charge in [0.2, 0.25) is 5.91 Å². The van der Waals surface area contributed by atoms with Gasteiger partial charge in [0.05, 0.1) is 38.3 Å². The molecular weight excluding hydrogens is 310 g/mol. The average Bonchev–Trinajstić information content (AvgIpc) is 2.48. The molecule has 1 unspecified atom stereocenters. The first-order valence-corrected chi connectivity index (χ1v) is 8.50. The highest BCUT2D eigenvalue weighted by molar-refractivity contribution is 7.99. The van der Waals surface area contributed by atoms with Gasteiger partial charge in [-0.25, -0.2) is 0 Å². The van der Waals surface area contributed by atoms with Crippen molar-refractivity contribution >= 4 is 23.5 Å². The fraction of sp³-hybridized carbons (Fsp3) is 0.857. The summed E-state index contributed by atoms with van der Waals surface area (Å²) in [5.74, 6) is 0.761. The lowest BCUT2D eigenvalue weighted by Gasteiger charge is -2.07. The third-order valence-electron chi connectivity index (χ3n) is 2.52. The van der Waals surface area contributed by atoms with Gasteiger partial charge in [-0.15, -0.1) is 0 Å². The molecule has 22 heavy (non-hydrogen) atoms. The first kappa shape index (κ1) is 21.3. The molecule has 0 aromatic rings. The zero-order valence-corrected chi connectivity index (χ0v) is 13.9. The number of Topliss-reactive ketones (excluding diaryl/α,β-unsaturated/α-hetero) is 1. The molecule has 1 amide bonds. The van der Waals surface area contributed by atoms with Gasteiger partial charge in [-0.1, -0.05) is 0 Å². The van der Waals surface area contributed by atoms with E-state index in [4.69, 9.17) is 19.7 Å². The summed E-state index contributed by atoms with van der Waals surface area (Å²) in [6, 6.07) is 0. The third kappa shape index (κ3) is 15.7. The number of aliphatic hydroxyl groups excluding tert-OH is 2. The van der Waals surface area contributed by atoms with Crippen LogP contribution in [0.15, 0.2) is 0 Å². The molecule has 0 rings (SSSR count). The van der Waals surface area contributed by atoms with Crippen molar-refractivity contribution < 1.29 is 29.3 Å². The van der Waals surface area contributed by atoms with E-state index in [-0.39, 0.29) is 18.3 Å². The normalized spacial score (nSPS) is 12.1. The zero-order chi connectivity index (χ0) is 16.6. The topological polar surface area (TPSA) is 105 Å². The molecule has 8 heteroatoms. The molecule has 0 aliphatic heterocycles. The molecule has 0 aliphatic carbocycles. The van der Waals surface area contributed by atoms with E-state index >= 15 is 0 Å². The van der Waals surface area contributed by atoms with Crippen molar-refractivity contribution in [3.63, 3.8) is 0 Å². The molecular formula is C14H27NO6S. The quantitative estimate of drug-likeness (QED) is 0.349. The molecule has 7 nitrogen and oxygen atoms in total. The minimum atomic E-state index is -0.758. The Hall–Kier alpha value is -0.670. The van der Waals surface area contributed by atoms with Crippen molar-refractivity contribution in [2.45, 2.75) is 25.9 Å². The van der Waals surface area contributed by atoms with Crippen molar-refractivity contribution in [2.75, 3.05) is 51.1 Å². The monoisotopic (exact) mass is 337 g/mol. The number of ether oxygens (including phenoxy) is 2. The van der Waals surface area contributed by atoms with Crippen molar-refractivity contribution in [3.8, 4) is 0 Å². The highest BCUT2D eigenvalue weighted by Gasteiger charge is 2.06. The fourth-order valence-corrected chi connectivity index (χ4v) is 2.29. The second-order valence-electron chi connectivity index (χ2n) is 4.70. The van der Waals surface area contributed by atoms with Gasteiger partial charge >= 0.3 is 0 Å². The number of thioether (sulfide) groups is 1. The van der Waals surface area contributed by atoms with Gasteiger partial charge in [0.15, 0.2) is 0 Å². The van der Waals surface area contributed by atoms with Crippen LogP contribution in [0.1, 0.15) is 19.8 Å². The molecule has 0 heterocycles. The van der Waals surface area contributed by atoms with E-state index in [0.29, 0.717) is 57.3 Å². The number of carbonyl (C=O) groups excluding carboxylic acids is 2. The zero-order valence-electron chi connectivity index (χ0n) is 13.1. The molecule has 0 fully saturated rings. The van der Waals surface area contributed by atoms with Gasteiger partial charge in [0.25, 0.3) is 0 Å². The Balaban J connectivity index is 3.21. The van der Waals surface area contributed by atoms with Crippen LogP contribution in [0.5, 0.6) is 0 Å². The molecule has 0 spiro atoms. The van der Waals surface area contributed by atoms with Crippen LogP contribution in [0.2, 0.25) is 0 Å². The first-order valence-electron chi connectivity index (χ1n) is 7.34. The lowest BCUT2D eigenvalue weighted by molar-refractivity contribution is -0.119. The van der Waals surface area contributed by atoms with Gasteiger partial charge in [0.1, 0.15) is 5.78 Å². The van der Waals surface area contributed by atoms with E-state index in [1.54, 1.807) is 0 Å². The average molecular weight is 337 g/mol. The van der Waals surface area contributed by atoms with E-state index in [0.717, 1.165) is 0 Å². The molecule has 1 atom stereocenters. The van der Waals surface area contributed by atoms with E-state index in [1.807, 2.05) is 0 Å². The Morgan fingerprint density at radius 2 is 1.86 bits per heavy atom. The Bertz CT molecular complexity index is 303. The Morgan fingerprint density at radius 1 is 1.18 bits per heavy atom. The Labute approximate surface area is 135 Å². The molecule has 0 aromatic carbocycles. The van der Waals surface area contributed by atoms with E-state index in [1.165, 1.54) is 18.7 Å². The summed E-state index contributed by atoms with van der Waals surface area (Å²) in [6.45, 7) is 3.56. The lowest BCUT2D eigenvalue weighted by atomic mass is 10.2. The van der Waals surface area contributed by atoms with Gasteiger partial charge in [0, 0.05) is 32.2 Å². The number of ketones is 1. The van der Waals surface area contributed by atoms with Crippen LogP contribution in [-0.2, 0) is 19.1 Å². The van der Waals surface area contributed by atoms with Crippen molar-refractivity contribution in [1.82, 2.24) is 5.32 Å². The molecule has 0 saturated carbocycles. The highest BCUT2D eigenvalue weighted by atomic mass is 32.2. The second kappa shape index (κ2) is 15.2. The lowest BCUT2D eigenvalue weighted by Crippen LogP contribution is -2.24.